The van der Waals surface area contributed by atoms with Crippen LogP contribution >= 0.6 is 11.6 Å². The number of imidazole rings is 1. The number of amides is 2. The molecule has 12 nitrogen and oxygen atoms in total. The first-order chi connectivity index (χ1) is 19.9. The van der Waals surface area contributed by atoms with Gasteiger partial charge in [0.2, 0.25) is 5.91 Å². The standard InChI is InChI=1S/C27H27BClN9O3/c1-41-27(40)32-18-8-9-19-21(14-18)30-12-4-2-3-5-20(26-34-24(19)25(28)35-26)33-23(39)11-6-16-13-17(29)7-10-22(16)38-15-31-36-37-38/h6-11,13-15,20,30H,2-5,12H2,1H3,(H,32,40)(H,33,39)(H,34,35)/b11-6+/t20-/m0/s1. The fraction of sp³-hybridized carbons (Fsp3) is 0.259. The number of ether oxygens (including phenoxy) is 1. The molecule has 4 aromatic rings. The molecule has 2 amide bonds. The Labute approximate surface area is 242 Å². The van der Waals surface area contributed by atoms with Crippen molar-refractivity contribution in [2.24, 2.45) is 0 Å². The number of anilines is 2. The van der Waals surface area contributed by atoms with Gasteiger partial charge < -0.3 is 20.4 Å². The monoisotopic (exact) mass is 571 g/mol. The molecule has 2 aromatic heterocycles. The predicted octanol–water partition coefficient (Wildman–Crippen LogP) is 3.53. The van der Waals surface area contributed by atoms with Gasteiger partial charge in [-0.2, -0.15) is 4.68 Å². The Hall–Kier alpha value is -4.65. The van der Waals surface area contributed by atoms with Crippen molar-refractivity contribution < 1.29 is 14.3 Å². The fourth-order valence-corrected chi connectivity index (χ4v) is 4.78. The molecule has 14 heteroatoms. The average Bonchev–Trinajstić information content (AvgIpc) is 3.63. The van der Waals surface area contributed by atoms with Crippen molar-refractivity contribution in [3.63, 3.8) is 0 Å². The molecule has 0 spiro atoms. The molecule has 0 unspecified atom stereocenters. The lowest BCUT2D eigenvalue weighted by Gasteiger charge is -2.17. The van der Waals surface area contributed by atoms with Gasteiger partial charge in [0.25, 0.3) is 0 Å². The lowest BCUT2D eigenvalue weighted by atomic mass is 9.96. The zero-order valence-electron chi connectivity index (χ0n) is 22.2. The molecule has 3 heterocycles. The highest BCUT2D eigenvalue weighted by molar-refractivity contribution is 6.34. The molecule has 2 bridgehead atoms. The van der Waals surface area contributed by atoms with Crippen LogP contribution in [0.15, 0.2) is 48.8 Å². The number of tetrazole rings is 1. The highest BCUT2D eigenvalue weighted by Gasteiger charge is 2.21. The number of methoxy groups -OCH3 is 1. The minimum absolute atomic E-state index is 0.304. The van der Waals surface area contributed by atoms with E-state index in [1.807, 2.05) is 12.1 Å². The summed E-state index contributed by atoms with van der Waals surface area (Å²) in [6.45, 7) is 0.717. The van der Waals surface area contributed by atoms with Gasteiger partial charge in [0.1, 0.15) is 20.0 Å². The topological polar surface area (TPSA) is 152 Å². The van der Waals surface area contributed by atoms with Gasteiger partial charge >= 0.3 is 6.09 Å². The molecule has 2 aromatic carbocycles. The third-order valence-corrected chi connectivity index (χ3v) is 6.82. The van der Waals surface area contributed by atoms with E-state index in [-0.39, 0.29) is 5.91 Å². The first-order valence-electron chi connectivity index (χ1n) is 13.0. The normalized spacial score (nSPS) is 15.2. The van der Waals surface area contributed by atoms with Crippen LogP contribution in [0, 0.1) is 0 Å². The Morgan fingerprint density at radius 1 is 1.20 bits per heavy atom. The van der Waals surface area contributed by atoms with Crippen molar-refractivity contribution in [3.05, 3.63) is 65.2 Å². The third kappa shape index (κ3) is 6.75. The summed E-state index contributed by atoms with van der Waals surface area (Å²) in [5, 5.41) is 21.0. The second-order valence-electron chi connectivity index (χ2n) is 9.39. The van der Waals surface area contributed by atoms with E-state index in [0.29, 0.717) is 45.5 Å². The number of aromatic nitrogens is 6. The Kier molecular flexibility index (Phi) is 8.63. The number of halogens is 1. The van der Waals surface area contributed by atoms with E-state index in [9.17, 15) is 9.59 Å². The van der Waals surface area contributed by atoms with Crippen LogP contribution in [0.2, 0.25) is 5.02 Å². The van der Waals surface area contributed by atoms with Crippen LogP contribution in [0.3, 0.4) is 0 Å². The van der Waals surface area contributed by atoms with Crippen LogP contribution in [-0.4, -0.2) is 63.7 Å². The van der Waals surface area contributed by atoms with Crippen molar-refractivity contribution in [1.82, 2.24) is 35.5 Å². The van der Waals surface area contributed by atoms with Crippen molar-refractivity contribution in [3.8, 4) is 16.9 Å². The second kappa shape index (κ2) is 12.7. The summed E-state index contributed by atoms with van der Waals surface area (Å²) in [6.07, 6.45) is 7.40. The molecule has 0 aliphatic carbocycles. The van der Waals surface area contributed by atoms with Gasteiger partial charge in [-0.15, -0.1) is 5.10 Å². The SMILES string of the molecule is [B]c1[nH]c2nc1-c1ccc(NC(=O)OC)cc1NCCCCC[C@@H]2NC(=O)/C=C/c1cc(Cl)ccc1-n1cnnn1. The van der Waals surface area contributed by atoms with Gasteiger partial charge in [-0.1, -0.05) is 24.4 Å². The second-order valence-corrected chi connectivity index (χ2v) is 9.83. The molecule has 0 saturated heterocycles. The van der Waals surface area contributed by atoms with Crippen molar-refractivity contribution in [2.45, 2.75) is 31.7 Å². The molecule has 1 atom stereocenters. The zero-order valence-corrected chi connectivity index (χ0v) is 23.0. The summed E-state index contributed by atoms with van der Waals surface area (Å²) in [5.74, 6) is 0.251. The number of carbonyl (C=O) groups excluding carboxylic acids is 2. The molecule has 41 heavy (non-hydrogen) atoms. The van der Waals surface area contributed by atoms with Gasteiger partial charge in [-0.25, -0.2) is 9.78 Å². The van der Waals surface area contributed by atoms with E-state index in [0.717, 1.165) is 37.1 Å². The zero-order chi connectivity index (χ0) is 28.8. The summed E-state index contributed by atoms with van der Waals surface area (Å²) in [7, 11) is 7.69. The van der Waals surface area contributed by atoms with Gasteiger partial charge in [0, 0.05) is 40.1 Å². The first-order valence-corrected chi connectivity index (χ1v) is 13.4. The lowest BCUT2D eigenvalue weighted by Crippen LogP contribution is -2.28. The Morgan fingerprint density at radius 3 is 2.88 bits per heavy atom. The first kappa shape index (κ1) is 27.9. The molecule has 0 fully saturated rings. The molecule has 208 valence electrons. The van der Waals surface area contributed by atoms with Gasteiger partial charge in [-0.3, -0.25) is 10.1 Å². The van der Waals surface area contributed by atoms with Crippen molar-refractivity contribution >= 4 is 54.5 Å². The summed E-state index contributed by atoms with van der Waals surface area (Å²) in [4.78, 5) is 32.7. The molecular formula is C27H27BClN9O3. The van der Waals surface area contributed by atoms with Crippen molar-refractivity contribution in [1.29, 1.82) is 0 Å². The number of hydrogen-bond donors (Lipinski definition) is 4. The smallest absolute Gasteiger partial charge is 0.411 e. The minimum atomic E-state index is -0.561. The number of benzene rings is 2. The van der Waals surface area contributed by atoms with Crippen LogP contribution < -0.4 is 21.5 Å². The van der Waals surface area contributed by atoms with E-state index in [4.69, 9.17) is 29.2 Å². The van der Waals surface area contributed by atoms with Gasteiger partial charge in [0.05, 0.1) is 24.5 Å². The maximum absolute atomic E-state index is 13.1. The molecule has 5 rings (SSSR count). The Morgan fingerprint density at radius 2 is 2.07 bits per heavy atom. The van der Waals surface area contributed by atoms with E-state index in [1.165, 1.54) is 24.2 Å². The van der Waals surface area contributed by atoms with Gasteiger partial charge in [0.15, 0.2) is 0 Å². The number of carbonyl (C=O) groups is 2. The van der Waals surface area contributed by atoms with E-state index in [1.54, 1.807) is 30.3 Å². The summed E-state index contributed by atoms with van der Waals surface area (Å²) in [6, 6.07) is 10.2. The number of rotatable bonds is 5. The Bertz CT molecular complexity index is 1570. The van der Waals surface area contributed by atoms with Crippen LogP contribution in [0.25, 0.3) is 23.0 Å². The maximum atomic E-state index is 13.1. The maximum Gasteiger partial charge on any atom is 0.411 e. The third-order valence-electron chi connectivity index (χ3n) is 6.59. The van der Waals surface area contributed by atoms with Crippen molar-refractivity contribution in [2.75, 3.05) is 24.3 Å². The number of fused-ring (bicyclic) bond motifs is 4. The molecule has 1 aliphatic rings. The van der Waals surface area contributed by atoms with Crippen LogP contribution in [0.1, 0.15) is 43.1 Å². The molecular weight excluding hydrogens is 545 g/mol. The average molecular weight is 572 g/mol. The van der Waals surface area contributed by atoms with Crippen LogP contribution in [-0.2, 0) is 9.53 Å². The van der Waals surface area contributed by atoms with Gasteiger partial charge in [-0.05, 0) is 71.3 Å². The number of hydrogen-bond acceptors (Lipinski definition) is 8. The number of nitrogens with one attached hydrogen (secondary N) is 4. The Balaban J connectivity index is 1.39. The minimum Gasteiger partial charge on any atom is -0.453 e. The number of aromatic amines is 1. The van der Waals surface area contributed by atoms with E-state index in [2.05, 4.69) is 36.5 Å². The molecule has 2 radical (unpaired) electrons. The van der Waals surface area contributed by atoms with E-state index >= 15 is 0 Å². The predicted molar refractivity (Wildman–Crippen MR) is 156 cm³/mol. The molecule has 1 aliphatic heterocycles. The summed E-state index contributed by atoms with van der Waals surface area (Å²) >= 11 is 6.20. The lowest BCUT2D eigenvalue weighted by molar-refractivity contribution is -0.117. The quantitative estimate of drug-likeness (QED) is 0.210. The van der Waals surface area contributed by atoms with Crippen LogP contribution in [0.4, 0.5) is 16.2 Å². The summed E-state index contributed by atoms with van der Waals surface area (Å²) in [5.41, 5.74) is 4.38. The highest BCUT2D eigenvalue weighted by Crippen LogP contribution is 2.31. The van der Waals surface area contributed by atoms with Crippen LogP contribution in [0.5, 0.6) is 0 Å². The molecule has 0 saturated carbocycles. The number of nitrogens with zero attached hydrogens (tertiary/aromatic N) is 5. The molecule has 4 N–H and O–H groups in total. The largest absolute Gasteiger partial charge is 0.453 e. The number of H-pyrrole nitrogens is 1. The summed E-state index contributed by atoms with van der Waals surface area (Å²) < 4.78 is 6.20. The fourth-order valence-electron chi connectivity index (χ4n) is 4.59. The van der Waals surface area contributed by atoms with E-state index < -0.39 is 12.1 Å². The highest BCUT2D eigenvalue weighted by atomic mass is 35.5.